The number of nitrogens with zero attached hydrogens (tertiary/aromatic N) is 5. The normalized spacial score (nSPS) is 22.5. The van der Waals surface area contributed by atoms with E-state index in [0.717, 1.165) is 40.8 Å². The molecule has 6 heterocycles. The third kappa shape index (κ3) is 3.90. The van der Waals surface area contributed by atoms with Gasteiger partial charge in [-0.05, 0) is 62.9 Å². The molecule has 10 nitrogen and oxygen atoms in total. The van der Waals surface area contributed by atoms with Crippen LogP contribution < -0.4 is 11.1 Å². The number of aromatic amines is 1. The Kier molecular flexibility index (Phi) is 5.19. The summed E-state index contributed by atoms with van der Waals surface area (Å²) >= 11 is 0. The molecule has 2 saturated heterocycles. The lowest BCUT2D eigenvalue weighted by molar-refractivity contribution is 0.234. The van der Waals surface area contributed by atoms with Gasteiger partial charge in [-0.1, -0.05) is 0 Å². The SMILES string of the molecule is Cc1cc(-c2ccc3c(N[C@H]4C[C@H]5CC[C@@H](C4)N5S(=O)(=O)c4cccnc4)nc(N)cc3n2)n[nH]1. The Balaban J connectivity index is 1.26. The fraction of sp³-hybridized carbons (Fsp3) is 0.333. The van der Waals surface area contributed by atoms with E-state index in [0.29, 0.717) is 24.5 Å². The van der Waals surface area contributed by atoms with Crippen LogP contribution in [0.2, 0.25) is 0 Å². The van der Waals surface area contributed by atoms with Gasteiger partial charge in [0.15, 0.2) is 0 Å². The van der Waals surface area contributed by atoms with Gasteiger partial charge in [-0.2, -0.15) is 9.40 Å². The highest BCUT2D eigenvalue weighted by Crippen LogP contribution is 2.41. The number of hydrogen-bond donors (Lipinski definition) is 3. The van der Waals surface area contributed by atoms with Crippen molar-refractivity contribution in [2.45, 2.75) is 55.6 Å². The molecule has 0 aromatic carbocycles. The number of H-pyrrole nitrogens is 1. The molecule has 0 aliphatic carbocycles. The molecular weight excluding hydrogens is 464 g/mol. The highest BCUT2D eigenvalue weighted by atomic mass is 32.2. The fourth-order valence-electron chi connectivity index (χ4n) is 5.41. The number of anilines is 2. The van der Waals surface area contributed by atoms with Crippen molar-refractivity contribution in [2.24, 2.45) is 0 Å². The van der Waals surface area contributed by atoms with E-state index in [9.17, 15) is 8.42 Å². The van der Waals surface area contributed by atoms with Crippen molar-refractivity contribution < 1.29 is 8.42 Å². The number of rotatable bonds is 5. The monoisotopic (exact) mass is 490 g/mol. The van der Waals surface area contributed by atoms with E-state index in [1.54, 1.807) is 28.7 Å². The van der Waals surface area contributed by atoms with E-state index >= 15 is 0 Å². The number of aryl methyl sites for hydroxylation is 1. The lowest BCUT2D eigenvalue weighted by Gasteiger charge is -2.38. The molecule has 4 aromatic rings. The van der Waals surface area contributed by atoms with Gasteiger partial charge in [0.1, 0.15) is 22.2 Å². The largest absolute Gasteiger partial charge is 0.384 e. The van der Waals surface area contributed by atoms with Crippen LogP contribution in [0.5, 0.6) is 0 Å². The van der Waals surface area contributed by atoms with E-state index in [2.05, 4.69) is 25.5 Å². The van der Waals surface area contributed by atoms with Crippen LogP contribution in [0.25, 0.3) is 22.3 Å². The second-order valence-corrected chi connectivity index (χ2v) is 11.2. The van der Waals surface area contributed by atoms with Gasteiger partial charge in [-0.15, -0.1) is 0 Å². The first-order valence-electron chi connectivity index (χ1n) is 11.7. The molecular formula is C24H26N8O2S. The number of nitrogen functional groups attached to an aromatic ring is 1. The molecule has 2 aliphatic heterocycles. The maximum atomic E-state index is 13.3. The van der Waals surface area contributed by atoms with Crippen molar-refractivity contribution in [3.8, 4) is 11.4 Å². The van der Waals surface area contributed by atoms with E-state index < -0.39 is 10.0 Å². The summed E-state index contributed by atoms with van der Waals surface area (Å²) in [4.78, 5) is 13.6. The third-order valence-electron chi connectivity index (χ3n) is 6.89. The summed E-state index contributed by atoms with van der Waals surface area (Å²) in [7, 11) is -3.58. The molecule has 0 amide bonds. The number of fused-ring (bicyclic) bond motifs is 3. The summed E-state index contributed by atoms with van der Waals surface area (Å²) in [6.07, 6.45) is 6.11. The van der Waals surface area contributed by atoms with Crippen LogP contribution in [0.3, 0.4) is 0 Å². The molecule has 0 saturated carbocycles. The van der Waals surface area contributed by atoms with Crippen LogP contribution in [0.15, 0.2) is 53.7 Å². The second kappa shape index (κ2) is 8.28. The highest BCUT2D eigenvalue weighted by Gasteiger charge is 2.47. The number of nitrogens with one attached hydrogen (secondary N) is 2. The maximum Gasteiger partial charge on any atom is 0.245 e. The third-order valence-corrected chi connectivity index (χ3v) is 8.88. The first kappa shape index (κ1) is 21.9. The summed E-state index contributed by atoms with van der Waals surface area (Å²) in [6.45, 7) is 1.95. The summed E-state index contributed by atoms with van der Waals surface area (Å²) in [5.74, 6) is 1.05. The lowest BCUT2D eigenvalue weighted by atomic mass is 9.99. The van der Waals surface area contributed by atoms with Gasteiger partial charge in [0.05, 0.1) is 11.2 Å². The van der Waals surface area contributed by atoms with Crippen molar-refractivity contribution in [1.29, 1.82) is 0 Å². The first-order chi connectivity index (χ1) is 16.9. The van der Waals surface area contributed by atoms with Gasteiger partial charge in [0, 0.05) is 47.7 Å². The number of sulfonamides is 1. The van der Waals surface area contributed by atoms with E-state index in [1.165, 1.54) is 6.20 Å². The zero-order valence-corrected chi connectivity index (χ0v) is 20.0. The summed E-state index contributed by atoms with van der Waals surface area (Å²) in [5, 5.41) is 11.7. The zero-order chi connectivity index (χ0) is 24.2. The summed E-state index contributed by atoms with van der Waals surface area (Å²) < 4.78 is 28.3. The number of aromatic nitrogens is 5. The molecule has 0 radical (unpaired) electrons. The molecule has 3 atom stereocenters. The van der Waals surface area contributed by atoms with Crippen LogP contribution in [-0.4, -0.2) is 56.0 Å². The molecule has 0 unspecified atom stereocenters. The average Bonchev–Trinajstić information content (AvgIpc) is 3.40. The Morgan fingerprint density at radius 3 is 2.57 bits per heavy atom. The average molecular weight is 491 g/mol. The molecule has 180 valence electrons. The number of hydrogen-bond acceptors (Lipinski definition) is 8. The molecule has 4 N–H and O–H groups in total. The second-order valence-electron chi connectivity index (χ2n) is 9.32. The first-order valence-corrected chi connectivity index (χ1v) is 13.1. The van der Waals surface area contributed by atoms with Crippen molar-refractivity contribution >= 4 is 32.6 Å². The minimum absolute atomic E-state index is 0.0589. The molecule has 2 aliphatic rings. The van der Waals surface area contributed by atoms with Gasteiger partial charge >= 0.3 is 0 Å². The standard InChI is InChI=1S/C24H26N8O2S/c1-14-9-22(31-30-14)20-7-6-19-21(28-20)12-23(25)29-24(19)27-15-10-16-4-5-17(11-15)32(16)35(33,34)18-3-2-8-26-13-18/h2-3,6-9,12-13,15-17H,4-5,10-11H2,1H3,(H,30,31)(H3,25,27,29)/t15-,16+,17-. The Bertz CT molecular complexity index is 1490. The minimum atomic E-state index is -3.58. The van der Waals surface area contributed by atoms with E-state index in [1.807, 2.05) is 25.1 Å². The zero-order valence-electron chi connectivity index (χ0n) is 19.2. The Morgan fingerprint density at radius 2 is 1.89 bits per heavy atom. The van der Waals surface area contributed by atoms with Crippen molar-refractivity contribution in [2.75, 3.05) is 11.1 Å². The Labute approximate surface area is 203 Å². The quantitative estimate of drug-likeness (QED) is 0.387. The molecule has 11 heteroatoms. The molecule has 6 rings (SSSR count). The Morgan fingerprint density at radius 1 is 1.09 bits per heavy atom. The van der Waals surface area contributed by atoms with Crippen LogP contribution in [-0.2, 0) is 10.0 Å². The van der Waals surface area contributed by atoms with Crippen LogP contribution in [0, 0.1) is 6.92 Å². The topological polar surface area (TPSA) is 143 Å². The summed E-state index contributed by atoms with van der Waals surface area (Å²) in [5.41, 5.74) is 9.35. The van der Waals surface area contributed by atoms with Crippen LogP contribution in [0.1, 0.15) is 31.4 Å². The lowest BCUT2D eigenvalue weighted by Crippen LogP contribution is -2.49. The van der Waals surface area contributed by atoms with Crippen LogP contribution >= 0.6 is 0 Å². The number of pyridine rings is 3. The van der Waals surface area contributed by atoms with E-state index in [4.69, 9.17) is 10.7 Å². The van der Waals surface area contributed by atoms with Gasteiger partial charge < -0.3 is 11.1 Å². The van der Waals surface area contributed by atoms with Crippen molar-refractivity contribution in [3.05, 3.63) is 54.5 Å². The highest BCUT2D eigenvalue weighted by molar-refractivity contribution is 7.89. The molecule has 2 bridgehead atoms. The molecule has 4 aromatic heterocycles. The van der Waals surface area contributed by atoms with Gasteiger partial charge in [-0.25, -0.2) is 18.4 Å². The maximum absolute atomic E-state index is 13.3. The van der Waals surface area contributed by atoms with Gasteiger partial charge in [-0.3, -0.25) is 10.1 Å². The molecule has 2 fully saturated rings. The van der Waals surface area contributed by atoms with Gasteiger partial charge in [0.2, 0.25) is 10.0 Å². The number of nitrogens with two attached hydrogens (primary N) is 1. The molecule has 0 spiro atoms. The van der Waals surface area contributed by atoms with E-state index in [-0.39, 0.29) is 23.0 Å². The summed E-state index contributed by atoms with van der Waals surface area (Å²) in [6, 6.07) is 10.8. The van der Waals surface area contributed by atoms with Crippen molar-refractivity contribution in [1.82, 2.24) is 29.5 Å². The minimum Gasteiger partial charge on any atom is -0.384 e. The van der Waals surface area contributed by atoms with Gasteiger partial charge in [0.25, 0.3) is 0 Å². The smallest absolute Gasteiger partial charge is 0.245 e. The Hall–Kier alpha value is -3.57. The number of piperidine rings is 1. The van der Waals surface area contributed by atoms with Crippen molar-refractivity contribution in [3.63, 3.8) is 0 Å². The van der Waals surface area contributed by atoms with Crippen LogP contribution in [0.4, 0.5) is 11.6 Å². The predicted molar refractivity (Wildman–Crippen MR) is 133 cm³/mol. The predicted octanol–water partition coefficient (Wildman–Crippen LogP) is 3.10. The fourth-order valence-corrected chi connectivity index (χ4v) is 7.26. The molecule has 35 heavy (non-hydrogen) atoms.